The molecular weight excluding hydrogens is 246 g/mol. The summed E-state index contributed by atoms with van der Waals surface area (Å²) in [5, 5.41) is 21.4. The molecule has 1 rings (SSSR count). The number of hydrogen-bond acceptors (Lipinski definition) is 5. The number of nitrogens with zero attached hydrogens (tertiary/aromatic N) is 2. The van der Waals surface area contributed by atoms with Gasteiger partial charge in [-0.15, -0.1) is 0 Å². The van der Waals surface area contributed by atoms with Crippen LogP contribution in [0.5, 0.6) is 0 Å². The molecule has 0 spiro atoms. The quantitative estimate of drug-likeness (QED) is 0.696. The van der Waals surface area contributed by atoms with Crippen molar-refractivity contribution in [2.24, 2.45) is 5.41 Å². The van der Waals surface area contributed by atoms with Gasteiger partial charge in [0, 0.05) is 18.2 Å². The second kappa shape index (κ2) is 6.47. The van der Waals surface area contributed by atoms with E-state index in [0.29, 0.717) is 18.2 Å². The number of hydrogen-bond donors (Lipinski definition) is 3. The average molecular weight is 267 g/mol. The molecule has 1 heterocycles. The van der Waals surface area contributed by atoms with E-state index in [2.05, 4.69) is 15.3 Å². The monoisotopic (exact) mass is 267 g/mol. The van der Waals surface area contributed by atoms with Gasteiger partial charge in [-0.3, -0.25) is 0 Å². The maximum atomic E-state index is 10.9. The van der Waals surface area contributed by atoms with E-state index in [4.69, 9.17) is 5.11 Å². The van der Waals surface area contributed by atoms with Crippen molar-refractivity contribution in [3.8, 4) is 0 Å². The van der Waals surface area contributed by atoms with Gasteiger partial charge in [-0.05, 0) is 19.8 Å². The van der Waals surface area contributed by atoms with Crippen LogP contribution >= 0.6 is 0 Å². The number of aryl methyl sites for hydroxylation is 1. The highest BCUT2D eigenvalue weighted by molar-refractivity contribution is 5.88. The summed E-state index contributed by atoms with van der Waals surface area (Å²) < 4.78 is 0. The van der Waals surface area contributed by atoms with Crippen molar-refractivity contribution in [2.75, 3.05) is 18.5 Å². The summed E-state index contributed by atoms with van der Waals surface area (Å²) in [6.07, 6.45) is 2.99. The fourth-order valence-corrected chi connectivity index (χ4v) is 1.81. The van der Waals surface area contributed by atoms with E-state index in [1.165, 1.54) is 6.20 Å². The van der Waals surface area contributed by atoms with E-state index in [1.54, 1.807) is 6.92 Å². The van der Waals surface area contributed by atoms with Crippen LogP contribution in [0, 0.1) is 12.3 Å². The molecule has 0 aliphatic rings. The van der Waals surface area contributed by atoms with Crippen molar-refractivity contribution in [2.45, 2.75) is 33.6 Å². The molecule has 0 atom stereocenters. The fraction of sp³-hybridized carbons (Fsp3) is 0.615. The smallest absolute Gasteiger partial charge is 0.339 e. The molecule has 0 saturated heterocycles. The Morgan fingerprint density at radius 3 is 2.47 bits per heavy atom. The Balaban J connectivity index is 2.78. The van der Waals surface area contributed by atoms with E-state index in [9.17, 15) is 9.90 Å². The molecule has 1 aromatic rings. The molecule has 6 nitrogen and oxygen atoms in total. The minimum atomic E-state index is -1.03. The minimum Gasteiger partial charge on any atom is -0.478 e. The van der Waals surface area contributed by atoms with Crippen LogP contribution in [0.4, 0.5) is 5.95 Å². The normalized spacial score (nSPS) is 11.4. The van der Waals surface area contributed by atoms with Gasteiger partial charge in [0.2, 0.25) is 5.95 Å². The van der Waals surface area contributed by atoms with E-state index in [-0.39, 0.29) is 17.6 Å². The van der Waals surface area contributed by atoms with Gasteiger partial charge < -0.3 is 15.5 Å². The Bertz CT molecular complexity index is 436. The van der Waals surface area contributed by atoms with Crippen molar-refractivity contribution in [3.63, 3.8) is 0 Å². The largest absolute Gasteiger partial charge is 0.478 e. The van der Waals surface area contributed by atoms with Crippen LogP contribution in [0.1, 0.15) is 42.7 Å². The van der Waals surface area contributed by atoms with Gasteiger partial charge in [0.25, 0.3) is 0 Å². The van der Waals surface area contributed by atoms with Gasteiger partial charge in [-0.2, -0.15) is 0 Å². The van der Waals surface area contributed by atoms with Crippen molar-refractivity contribution in [1.29, 1.82) is 0 Å². The Kier molecular flexibility index (Phi) is 5.23. The van der Waals surface area contributed by atoms with Crippen molar-refractivity contribution in [1.82, 2.24) is 9.97 Å². The first-order chi connectivity index (χ1) is 8.98. The molecule has 0 bridgehead atoms. The Labute approximate surface area is 112 Å². The number of aromatic nitrogens is 2. The summed E-state index contributed by atoms with van der Waals surface area (Å²) in [4.78, 5) is 19.0. The van der Waals surface area contributed by atoms with E-state index in [0.717, 1.165) is 12.8 Å². The SMILES string of the molecule is CCC(CC)(CO)CNc1ncc(C(=O)O)c(C)n1. The first-order valence-electron chi connectivity index (χ1n) is 6.39. The van der Waals surface area contributed by atoms with Gasteiger partial charge >= 0.3 is 5.97 Å². The van der Waals surface area contributed by atoms with Crippen LogP contribution in [0.3, 0.4) is 0 Å². The molecule has 0 unspecified atom stereocenters. The molecule has 0 fully saturated rings. The van der Waals surface area contributed by atoms with Crippen LogP contribution < -0.4 is 5.32 Å². The number of carboxylic acids is 1. The molecule has 0 radical (unpaired) electrons. The maximum Gasteiger partial charge on any atom is 0.339 e. The number of carbonyl (C=O) groups is 1. The van der Waals surface area contributed by atoms with Gasteiger partial charge in [0.15, 0.2) is 0 Å². The molecule has 6 heteroatoms. The van der Waals surface area contributed by atoms with Crippen LogP contribution in [0.15, 0.2) is 6.20 Å². The number of anilines is 1. The topological polar surface area (TPSA) is 95.3 Å². The minimum absolute atomic E-state index is 0.0964. The number of rotatable bonds is 7. The van der Waals surface area contributed by atoms with Gasteiger partial charge in [-0.1, -0.05) is 13.8 Å². The standard InChI is InChI=1S/C13H21N3O3/c1-4-13(5-2,8-17)7-15-12-14-6-10(11(18)19)9(3)16-12/h6,17H,4-5,7-8H2,1-3H3,(H,18,19)(H,14,15,16). The number of aliphatic hydroxyl groups is 1. The second-order valence-corrected chi connectivity index (χ2v) is 4.72. The molecular formula is C13H21N3O3. The van der Waals surface area contributed by atoms with Crippen LogP contribution in [0.2, 0.25) is 0 Å². The van der Waals surface area contributed by atoms with Crippen LogP contribution in [0.25, 0.3) is 0 Å². The van der Waals surface area contributed by atoms with Gasteiger partial charge in [0.1, 0.15) is 0 Å². The Hall–Kier alpha value is -1.69. The molecule has 3 N–H and O–H groups in total. The molecule has 0 amide bonds. The van der Waals surface area contributed by atoms with Crippen molar-refractivity contribution < 1.29 is 15.0 Å². The van der Waals surface area contributed by atoms with Crippen LogP contribution in [-0.2, 0) is 0 Å². The highest BCUT2D eigenvalue weighted by Crippen LogP contribution is 2.25. The lowest BCUT2D eigenvalue weighted by atomic mass is 9.83. The first-order valence-corrected chi connectivity index (χ1v) is 6.39. The summed E-state index contributed by atoms with van der Waals surface area (Å²) in [6, 6.07) is 0. The summed E-state index contributed by atoms with van der Waals surface area (Å²) in [5.41, 5.74) is 0.334. The average Bonchev–Trinajstić information content (AvgIpc) is 2.40. The fourth-order valence-electron chi connectivity index (χ4n) is 1.81. The molecule has 0 aromatic carbocycles. The highest BCUT2D eigenvalue weighted by Gasteiger charge is 2.25. The van der Waals surface area contributed by atoms with Crippen molar-refractivity contribution >= 4 is 11.9 Å². The number of nitrogens with one attached hydrogen (secondary N) is 1. The Morgan fingerprint density at radius 1 is 1.42 bits per heavy atom. The predicted molar refractivity (Wildman–Crippen MR) is 72.3 cm³/mol. The number of aromatic carboxylic acids is 1. The third kappa shape index (κ3) is 3.64. The summed E-state index contributed by atoms with van der Waals surface area (Å²) in [7, 11) is 0. The predicted octanol–water partition coefficient (Wildman–Crippen LogP) is 1.69. The zero-order valence-corrected chi connectivity index (χ0v) is 11.6. The molecule has 19 heavy (non-hydrogen) atoms. The summed E-state index contributed by atoms with van der Waals surface area (Å²) in [6.45, 7) is 6.35. The molecule has 106 valence electrons. The van der Waals surface area contributed by atoms with E-state index in [1.807, 2.05) is 13.8 Å². The molecule has 1 aromatic heterocycles. The van der Waals surface area contributed by atoms with E-state index >= 15 is 0 Å². The van der Waals surface area contributed by atoms with Gasteiger partial charge in [-0.25, -0.2) is 14.8 Å². The van der Waals surface area contributed by atoms with E-state index < -0.39 is 5.97 Å². The number of carboxylic acid groups (broad SMARTS) is 1. The Morgan fingerprint density at radius 2 is 2.05 bits per heavy atom. The lowest BCUT2D eigenvalue weighted by Gasteiger charge is -2.29. The molecule has 0 saturated carbocycles. The summed E-state index contributed by atoms with van der Waals surface area (Å²) in [5.74, 6) is -0.641. The molecule has 0 aliphatic heterocycles. The summed E-state index contributed by atoms with van der Waals surface area (Å²) >= 11 is 0. The zero-order chi connectivity index (χ0) is 14.5. The van der Waals surface area contributed by atoms with Crippen LogP contribution in [-0.4, -0.2) is 39.3 Å². The highest BCUT2D eigenvalue weighted by atomic mass is 16.4. The lowest BCUT2D eigenvalue weighted by molar-refractivity contribution is 0.0695. The molecule has 0 aliphatic carbocycles. The van der Waals surface area contributed by atoms with Crippen molar-refractivity contribution in [3.05, 3.63) is 17.5 Å². The third-order valence-electron chi connectivity index (χ3n) is 3.67. The number of aliphatic hydroxyl groups excluding tert-OH is 1. The lowest BCUT2D eigenvalue weighted by Crippen LogP contribution is -2.32. The first kappa shape index (κ1) is 15.4. The maximum absolute atomic E-state index is 10.9. The third-order valence-corrected chi connectivity index (χ3v) is 3.67. The second-order valence-electron chi connectivity index (χ2n) is 4.72. The van der Waals surface area contributed by atoms with Gasteiger partial charge in [0.05, 0.1) is 17.9 Å². The zero-order valence-electron chi connectivity index (χ0n) is 11.6.